The second-order valence-electron chi connectivity index (χ2n) is 29.5. The zero-order chi connectivity index (χ0) is 83.4. The number of nitrogens with two attached hydrogens (primary N) is 1. The van der Waals surface area contributed by atoms with Crippen LogP contribution in [-0.4, -0.2) is 163 Å². The summed E-state index contributed by atoms with van der Waals surface area (Å²) < 4.78 is 19.6. The van der Waals surface area contributed by atoms with Crippen LogP contribution in [0, 0.1) is 10.1 Å². The smallest absolute Gasteiger partial charge is 0.410 e. The first kappa shape index (κ1) is 90.9. The van der Waals surface area contributed by atoms with Crippen molar-refractivity contribution in [1.29, 1.82) is 0 Å². The predicted molar refractivity (Wildman–Crippen MR) is 464 cm³/mol. The van der Waals surface area contributed by atoms with E-state index in [1.807, 2.05) is 171 Å². The Balaban J connectivity index is 0.000000225. The van der Waals surface area contributed by atoms with Crippen molar-refractivity contribution in [2.45, 2.75) is 96.2 Å². The van der Waals surface area contributed by atoms with Crippen molar-refractivity contribution in [3.8, 4) is 0 Å². The van der Waals surface area contributed by atoms with Crippen molar-refractivity contribution in [1.82, 2.24) is 10.2 Å². The summed E-state index contributed by atoms with van der Waals surface area (Å²) in [4.78, 5) is 90.2. The van der Waals surface area contributed by atoms with E-state index in [0.717, 1.165) is 139 Å². The second-order valence-corrected chi connectivity index (χ2v) is 29.5. The molecule has 0 heterocycles. The van der Waals surface area contributed by atoms with Crippen LogP contribution in [0.2, 0.25) is 0 Å². The van der Waals surface area contributed by atoms with E-state index in [2.05, 4.69) is 151 Å². The van der Waals surface area contributed by atoms with Gasteiger partial charge in [-0.3, -0.25) is 19.7 Å². The number of nitro groups is 1. The summed E-state index contributed by atoms with van der Waals surface area (Å²) in [7, 11) is 24.2. The van der Waals surface area contributed by atoms with E-state index < -0.39 is 10.5 Å². The Kier molecular flexibility index (Phi) is 36.8. The van der Waals surface area contributed by atoms with Gasteiger partial charge in [-0.1, -0.05) is 103 Å². The van der Waals surface area contributed by atoms with Crippen LogP contribution in [-0.2, 0) is 71.9 Å². The van der Waals surface area contributed by atoms with Crippen molar-refractivity contribution in [3.05, 3.63) is 288 Å². The molecule has 21 nitrogen and oxygen atoms in total. The first-order chi connectivity index (χ1) is 54.4. The largest absolute Gasteiger partial charge is 0.466 e. The molecule has 0 aromatic heterocycles. The number of carbonyl (C=O) groups is 6. The predicted octanol–water partition coefficient (Wildman–Crippen LogP) is 16.0. The maximum atomic E-state index is 13.2. The minimum absolute atomic E-state index is 0.0375. The lowest BCUT2D eigenvalue weighted by Gasteiger charge is -2.32. The van der Waals surface area contributed by atoms with E-state index in [0.29, 0.717) is 19.0 Å². The zero-order valence-electron chi connectivity index (χ0n) is 69.2. The molecule has 604 valence electrons. The van der Waals surface area contributed by atoms with Crippen LogP contribution in [0.3, 0.4) is 0 Å². The Morgan fingerprint density at radius 1 is 0.482 bits per heavy atom. The van der Waals surface area contributed by atoms with Crippen molar-refractivity contribution in [3.63, 3.8) is 0 Å². The average molecular weight is 1550 g/mol. The summed E-state index contributed by atoms with van der Waals surface area (Å²) in [6, 6.07) is 59.2. The molecule has 3 N–H and O–H groups in total. The fourth-order valence-corrected chi connectivity index (χ4v) is 12.5. The van der Waals surface area contributed by atoms with Crippen LogP contribution in [0.15, 0.2) is 200 Å². The summed E-state index contributed by atoms with van der Waals surface area (Å²) in [6.45, 7) is 7.95. The quantitative estimate of drug-likeness (QED) is 0.0143. The molecule has 0 bridgehead atoms. The van der Waals surface area contributed by atoms with Crippen molar-refractivity contribution in [2.24, 2.45) is 5.73 Å². The molecular weight excluding hydrogens is 1440 g/mol. The van der Waals surface area contributed by atoms with Gasteiger partial charge in [0, 0.05) is 153 Å². The monoisotopic (exact) mass is 1550 g/mol. The molecule has 2 unspecified atom stereocenters. The Morgan fingerprint density at radius 2 is 0.868 bits per heavy atom. The average Bonchev–Trinajstić information content (AvgIpc) is 1.64. The highest BCUT2D eigenvalue weighted by molar-refractivity contribution is 6.00. The molecule has 11 rings (SSSR count). The number of aldehydes is 1. The molecule has 3 aliphatic carbocycles. The lowest BCUT2D eigenvalue weighted by Crippen LogP contribution is -2.40. The maximum absolute atomic E-state index is 13.2. The first-order valence-electron chi connectivity index (χ1n) is 38.1. The number of rotatable bonds is 24. The number of amides is 1. The SMILES string of the molecule is CN(C)c1ccc(/C=C/[N+](=O)[O-])cc1.CN(C)c1ccc(C=O)cc1.CN(C)c1ccc(CCN)cc1.COC(=O)/C=C/c1ccc2c(c1)CCC2=O.COC(=O)/C=C/c1ccc2c(c1)CCC2N(CCc1ccc(N(C)C)cc1)C(=O)OC(C)(C)C.COC(=O)/C=C/c1ccc2c(c1)CCC2NCCc1ccc(N(C)C)cc1. The zero-order valence-corrected chi connectivity index (χ0v) is 69.2. The lowest BCUT2D eigenvalue weighted by atomic mass is 10.0. The molecule has 114 heavy (non-hydrogen) atoms. The van der Waals surface area contributed by atoms with Gasteiger partial charge in [-0.25, -0.2) is 19.2 Å². The molecule has 0 saturated carbocycles. The van der Waals surface area contributed by atoms with Gasteiger partial charge >= 0.3 is 24.0 Å². The summed E-state index contributed by atoms with van der Waals surface area (Å²) >= 11 is 0. The standard InChI is InChI=1S/C28H36N2O4.C23H28N2O2.C13H12O3.C10H12N2O2.C10H16N2.C9H11NO/c1-28(2,3)34-27(32)30(18-17-20-7-12-23(13-8-20)29(4)5)25-15-11-22-19-21(9-14-24(22)25)10-16-26(31)33-6;1-25(2)20-9-4-17(5-10-20)14-15-24-22-12-8-19-16-18(6-11-21(19)22)7-13-23(26)27-3;1-16-13(15)7-3-9-2-5-11-10(8-9)4-6-12(11)14;1-11(2)10-5-3-9(4-6-10)7-8-12(13)14;1-12(2)10-5-3-9(4-6-10)7-8-11;1-10(2)9-5-3-8(7-11)4-6-9/h7-10,12-14,16,19,25H,11,15,17-18H2,1-6H3;4-7,9-11,13,16,22,24H,8,12,14-15H2,1-3H3;2-3,5,7-8H,4,6H2,1H3;3-8H,1-2H3;3-6H,7-8,11H2,1-2H3;3-7H,1-2H3/b16-10+;13-7+;7-3+;8-7+;;. The number of Topliss-reactive ketones (excluding diaryl/α,β-unsaturated/α-hetero) is 1. The summed E-state index contributed by atoms with van der Waals surface area (Å²) in [5.41, 5.74) is 25.9. The molecule has 21 heteroatoms. The van der Waals surface area contributed by atoms with Crippen LogP contribution in [0.25, 0.3) is 24.3 Å². The highest BCUT2D eigenvalue weighted by Crippen LogP contribution is 2.38. The Labute approximate surface area is 674 Å². The van der Waals surface area contributed by atoms with Crippen LogP contribution >= 0.6 is 0 Å². The van der Waals surface area contributed by atoms with Crippen molar-refractivity contribution >= 4 is 88.8 Å². The third-order valence-electron chi connectivity index (χ3n) is 18.9. The molecule has 0 radical (unpaired) electrons. The molecule has 0 fully saturated rings. The number of nitrogens with one attached hydrogen (secondary N) is 1. The summed E-state index contributed by atoms with van der Waals surface area (Å²) in [5, 5.41) is 13.8. The number of nitrogens with zero attached hydrogens (tertiary/aromatic N) is 7. The molecule has 0 aliphatic heterocycles. The Hall–Kier alpha value is -11.9. The molecule has 1 amide bonds. The van der Waals surface area contributed by atoms with E-state index in [1.165, 1.54) is 90.4 Å². The summed E-state index contributed by atoms with van der Waals surface area (Å²) in [5.74, 6) is -0.878. The Morgan fingerprint density at radius 3 is 1.29 bits per heavy atom. The van der Waals surface area contributed by atoms with Crippen LogP contribution in [0.5, 0.6) is 0 Å². The number of ketones is 1. The number of anilines is 5. The van der Waals surface area contributed by atoms with Gasteiger partial charge in [-0.15, -0.1) is 0 Å². The van der Waals surface area contributed by atoms with Crippen molar-refractivity contribution < 1.29 is 52.6 Å². The third kappa shape index (κ3) is 30.6. The fourth-order valence-electron chi connectivity index (χ4n) is 12.5. The number of methoxy groups -OCH3 is 3. The number of aryl methyl sites for hydroxylation is 3. The van der Waals surface area contributed by atoms with Gasteiger partial charge in [0.1, 0.15) is 11.9 Å². The van der Waals surface area contributed by atoms with Gasteiger partial charge in [0.15, 0.2) is 5.78 Å². The van der Waals surface area contributed by atoms with Crippen LogP contribution in [0.1, 0.15) is 140 Å². The number of hydrogen-bond donors (Lipinski definition) is 2. The van der Waals surface area contributed by atoms with E-state index in [-0.39, 0.29) is 35.8 Å². The minimum Gasteiger partial charge on any atom is -0.466 e. The molecule has 2 atom stereocenters. The third-order valence-corrected chi connectivity index (χ3v) is 18.9. The van der Waals surface area contributed by atoms with E-state index in [9.17, 15) is 38.9 Å². The van der Waals surface area contributed by atoms with E-state index in [1.54, 1.807) is 12.2 Å². The fraction of sp³-hybridized carbons (Fsp3) is 0.333. The number of carbonyl (C=O) groups excluding carboxylic acids is 6. The van der Waals surface area contributed by atoms with Gasteiger partial charge < -0.3 is 59.4 Å². The molecule has 0 spiro atoms. The maximum Gasteiger partial charge on any atom is 0.410 e. The normalized spacial score (nSPS) is 13.5. The van der Waals surface area contributed by atoms with Gasteiger partial charge in [-0.2, -0.15) is 0 Å². The van der Waals surface area contributed by atoms with Crippen LogP contribution < -0.4 is 35.6 Å². The van der Waals surface area contributed by atoms with Gasteiger partial charge in [-0.05, 0) is 243 Å². The Bertz CT molecular complexity index is 4540. The molecule has 0 saturated heterocycles. The number of fused-ring (bicyclic) bond motifs is 3. The number of esters is 3. The number of benzene rings is 8. The van der Waals surface area contributed by atoms with E-state index >= 15 is 0 Å². The molecule has 8 aromatic rings. The minimum atomic E-state index is -0.563. The van der Waals surface area contributed by atoms with Crippen LogP contribution in [0.4, 0.5) is 33.2 Å². The number of hydrogen-bond acceptors (Lipinski definition) is 19. The molecule has 3 aliphatic rings. The highest BCUT2D eigenvalue weighted by atomic mass is 16.6. The lowest BCUT2D eigenvalue weighted by molar-refractivity contribution is -0.400. The number of ether oxygens (including phenoxy) is 4. The van der Waals surface area contributed by atoms with E-state index in [4.69, 9.17) is 10.5 Å². The van der Waals surface area contributed by atoms with Gasteiger partial charge in [0.2, 0.25) is 6.20 Å². The van der Waals surface area contributed by atoms with Gasteiger partial charge in [0.05, 0.1) is 32.3 Å². The first-order valence-corrected chi connectivity index (χ1v) is 38.1. The molecule has 8 aromatic carbocycles. The summed E-state index contributed by atoms with van der Waals surface area (Å²) in [6.07, 6.45) is 20.5. The topological polar surface area (TPSA) is 240 Å². The van der Waals surface area contributed by atoms with Crippen molar-refractivity contribution in [2.75, 3.05) is 136 Å². The highest BCUT2D eigenvalue weighted by Gasteiger charge is 2.34. The molecular formula is C93H115N9O12. The second kappa shape index (κ2) is 46.2. The van der Waals surface area contributed by atoms with Gasteiger partial charge in [0.25, 0.3) is 0 Å².